The molecule has 8 nitrogen and oxygen atoms in total. The number of fused-ring (bicyclic) bond motifs is 3. The van der Waals surface area contributed by atoms with Gasteiger partial charge in [-0.1, -0.05) is 16.8 Å². The summed E-state index contributed by atoms with van der Waals surface area (Å²) in [6.07, 6.45) is 8.36. The molecule has 2 fully saturated rings. The van der Waals surface area contributed by atoms with Gasteiger partial charge in [0.05, 0.1) is 44.5 Å². The maximum absolute atomic E-state index is 6.80. The van der Waals surface area contributed by atoms with Gasteiger partial charge in [-0.3, -0.25) is 4.98 Å². The SMILES string of the molecule is Cc1nnn(C)c1-c1cnc2c3c(NCC4CC4)ncc(Cl)c3n(CC3CCOCC3)c2c1. The molecule has 2 aliphatic rings. The van der Waals surface area contributed by atoms with E-state index in [1.807, 2.05) is 20.2 Å². The number of halogens is 1. The van der Waals surface area contributed by atoms with Crippen LogP contribution in [0, 0.1) is 18.8 Å². The van der Waals surface area contributed by atoms with Gasteiger partial charge >= 0.3 is 0 Å². The standard InChI is InChI=1S/C24H28ClN7O/c1-14-22(31(2)30-29-14)17-9-19-21(26-11-17)20-23(32(19)13-16-5-7-33-8-6-16)18(25)12-28-24(20)27-10-15-3-4-15/h9,11-12,15-16H,3-8,10,13H2,1-2H3,(H,27,28). The van der Waals surface area contributed by atoms with E-state index in [1.54, 1.807) is 10.9 Å². The number of aromatic nitrogens is 6. The molecule has 0 amide bonds. The molecule has 4 aromatic rings. The third-order valence-electron chi connectivity index (χ3n) is 6.98. The molecular formula is C24H28ClN7O. The number of hydrogen-bond donors (Lipinski definition) is 1. The van der Waals surface area contributed by atoms with E-state index in [2.05, 4.69) is 31.2 Å². The molecule has 33 heavy (non-hydrogen) atoms. The van der Waals surface area contributed by atoms with Crippen LogP contribution in [-0.4, -0.2) is 49.3 Å². The van der Waals surface area contributed by atoms with Gasteiger partial charge in [-0.2, -0.15) is 0 Å². The lowest BCUT2D eigenvalue weighted by Crippen LogP contribution is -2.20. The largest absolute Gasteiger partial charge is 0.381 e. The van der Waals surface area contributed by atoms with Gasteiger partial charge in [-0.05, 0) is 50.5 Å². The average molecular weight is 466 g/mol. The number of hydrogen-bond acceptors (Lipinski definition) is 6. The predicted molar refractivity (Wildman–Crippen MR) is 130 cm³/mol. The summed E-state index contributed by atoms with van der Waals surface area (Å²) in [7, 11) is 1.91. The van der Waals surface area contributed by atoms with Crippen LogP contribution >= 0.6 is 11.6 Å². The number of nitrogens with zero attached hydrogens (tertiary/aromatic N) is 6. The average Bonchev–Trinajstić information content (AvgIpc) is 3.52. The predicted octanol–water partition coefficient (Wildman–Crippen LogP) is 4.59. The van der Waals surface area contributed by atoms with Gasteiger partial charge in [0.15, 0.2) is 0 Å². The van der Waals surface area contributed by atoms with Crippen LogP contribution in [0.1, 0.15) is 31.4 Å². The zero-order chi connectivity index (χ0) is 22.5. The van der Waals surface area contributed by atoms with E-state index in [9.17, 15) is 0 Å². The first-order valence-electron chi connectivity index (χ1n) is 11.7. The topological polar surface area (TPSA) is 82.7 Å². The minimum atomic E-state index is 0.536. The third-order valence-corrected chi connectivity index (χ3v) is 7.25. The minimum Gasteiger partial charge on any atom is -0.381 e. The van der Waals surface area contributed by atoms with Crippen molar-refractivity contribution >= 4 is 39.4 Å². The Labute approximate surface area is 197 Å². The Balaban J connectivity index is 1.56. The van der Waals surface area contributed by atoms with E-state index in [4.69, 9.17) is 21.3 Å². The first-order valence-corrected chi connectivity index (χ1v) is 12.1. The second kappa shape index (κ2) is 8.25. The zero-order valence-electron chi connectivity index (χ0n) is 19.0. The van der Waals surface area contributed by atoms with Crippen LogP contribution in [0.3, 0.4) is 0 Å². The highest BCUT2D eigenvalue weighted by molar-refractivity contribution is 6.36. The van der Waals surface area contributed by atoms with Crippen LogP contribution in [0.5, 0.6) is 0 Å². The molecule has 0 unspecified atom stereocenters. The number of rotatable bonds is 6. The third kappa shape index (κ3) is 3.75. The number of aryl methyl sites for hydroxylation is 2. The fourth-order valence-corrected chi connectivity index (χ4v) is 5.24. The van der Waals surface area contributed by atoms with Crippen molar-refractivity contribution in [1.82, 2.24) is 29.5 Å². The Bertz CT molecular complexity index is 1310. The molecule has 0 atom stereocenters. The van der Waals surface area contributed by atoms with Crippen molar-refractivity contribution in [1.29, 1.82) is 0 Å². The van der Waals surface area contributed by atoms with E-state index in [0.717, 1.165) is 89.8 Å². The number of nitrogens with one attached hydrogen (secondary N) is 1. The summed E-state index contributed by atoms with van der Waals surface area (Å²) >= 11 is 6.80. The van der Waals surface area contributed by atoms with Gasteiger partial charge < -0.3 is 14.6 Å². The molecule has 9 heteroatoms. The van der Waals surface area contributed by atoms with Crippen LogP contribution in [0.2, 0.25) is 5.02 Å². The van der Waals surface area contributed by atoms with Crippen molar-refractivity contribution in [3.63, 3.8) is 0 Å². The quantitative estimate of drug-likeness (QED) is 0.448. The van der Waals surface area contributed by atoms with E-state index in [1.165, 1.54) is 12.8 Å². The molecule has 6 rings (SSSR count). The highest BCUT2D eigenvalue weighted by Gasteiger charge is 2.25. The summed E-state index contributed by atoms with van der Waals surface area (Å²) in [5.74, 6) is 2.15. The second-order valence-electron chi connectivity index (χ2n) is 9.41. The molecular weight excluding hydrogens is 438 g/mol. The zero-order valence-corrected chi connectivity index (χ0v) is 19.8. The summed E-state index contributed by atoms with van der Waals surface area (Å²) in [6, 6.07) is 2.20. The Morgan fingerprint density at radius 1 is 1.12 bits per heavy atom. The Kier molecular flexibility index (Phi) is 5.22. The van der Waals surface area contributed by atoms with Crippen LogP contribution in [0.4, 0.5) is 5.82 Å². The summed E-state index contributed by atoms with van der Waals surface area (Å²) in [5, 5.41) is 13.7. The first-order chi connectivity index (χ1) is 16.1. The van der Waals surface area contributed by atoms with Crippen molar-refractivity contribution < 1.29 is 4.74 Å². The normalized spacial score (nSPS) is 17.3. The summed E-state index contributed by atoms with van der Waals surface area (Å²) < 4.78 is 9.76. The van der Waals surface area contributed by atoms with E-state index in [0.29, 0.717) is 10.9 Å². The Morgan fingerprint density at radius 3 is 2.67 bits per heavy atom. The molecule has 1 aliphatic heterocycles. The molecule has 0 spiro atoms. The van der Waals surface area contributed by atoms with Crippen LogP contribution in [0.15, 0.2) is 18.5 Å². The molecule has 172 valence electrons. The number of anilines is 1. The van der Waals surface area contributed by atoms with E-state index in [-0.39, 0.29) is 0 Å². The van der Waals surface area contributed by atoms with Gasteiger partial charge in [0.2, 0.25) is 0 Å². The highest BCUT2D eigenvalue weighted by Crippen LogP contribution is 2.39. The highest BCUT2D eigenvalue weighted by atomic mass is 35.5. The lowest BCUT2D eigenvalue weighted by Gasteiger charge is -2.23. The lowest BCUT2D eigenvalue weighted by atomic mass is 10.0. The molecule has 0 bridgehead atoms. The summed E-state index contributed by atoms with van der Waals surface area (Å²) in [6.45, 7) is 5.42. The van der Waals surface area contributed by atoms with Crippen molar-refractivity contribution in [3.05, 3.63) is 29.2 Å². The molecule has 0 aromatic carbocycles. The van der Waals surface area contributed by atoms with Gasteiger partial charge in [0, 0.05) is 45.1 Å². The Hall–Kier alpha value is -2.71. The van der Waals surface area contributed by atoms with Gasteiger partial charge in [0.1, 0.15) is 5.82 Å². The fraction of sp³-hybridized carbons (Fsp3) is 0.500. The molecule has 1 saturated heterocycles. The molecule has 1 aliphatic carbocycles. The van der Waals surface area contributed by atoms with Gasteiger partial charge in [-0.25, -0.2) is 9.67 Å². The minimum absolute atomic E-state index is 0.536. The molecule has 1 saturated carbocycles. The van der Waals surface area contributed by atoms with Crippen LogP contribution in [-0.2, 0) is 18.3 Å². The van der Waals surface area contributed by atoms with Gasteiger partial charge in [0.25, 0.3) is 0 Å². The van der Waals surface area contributed by atoms with E-state index < -0.39 is 0 Å². The maximum atomic E-state index is 6.80. The van der Waals surface area contributed by atoms with E-state index >= 15 is 0 Å². The first kappa shape index (κ1) is 20.9. The number of pyridine rings is 2. The monoisotopic (exact) mass is 465 g/mol. The lowest BCUT2D eigenvalue weighted by molar-refractivity contribution is 0.0620. The summed E-state index contributed by atoms with van der Waals surface area (Å²) in [4.78, 5) is 9.63. The Morgan fingerprint density at radius 2 is 1.94 bits per heavy atom. The molecule has 1 N–H and O–H groups in total. The second-order valence-corrected chi connectivity index (χ2v) is 9.81. The van der Waals surface area contributed by atoms with Crippen molar-refractivity contribution in [2.75, 3.05) is 25.1 Å². The maximum Gasteiger partial charge on any atom is 0.137 e. The summed E-state index contributed by atoms with van der Waals surface area (Å²) in [5.41, 5.74) is 5.87. The number of ether oxygens (including phenoxy) is 1. The van der Waals surface area contributed by atoms with Crippen molar-refractivity contribution in [2.24, 2.45) is 18.9 Å². The van der Waals surface area contributed by atoms with Crippen LogP contribution < -0.4 is 5.32 Å². The smallest absolute Gasteiger partial charge is 0.137 e. The van der Waals surface area contributed by atoms with Crippen molar-refractivity contribution in [3.8, 4) is 11.3 Å². The van der Waals surface area contributed by atoms with Crippen molar-refractivity contribution in [2.45, 2.75) is 39.2 Å². The fourth-order valence-electron chi connectivity index (χ4n) is 5.00. The van der Waals surface area contributed by atoms with Gasteiger partial charge in [-0.15, -0.1) is 5.10 Å². The molecule has 4 aromatic heterocycles. The molecule has 5 heterocycles. The van der Waals surface area contributed by atoms with Crippen LogP contribution in [0.25, 0.3) is 33.2 Å². The molecule has 0 radical (unpaired) electrons.